The third-order valence-corrected chi connectivity index (χ3v) is 7.64. The summed E-state index contributed by atoms with van der Waals surface area (Å²) in [6.45, 7) is 3.92. The quantitative estimate of drug-likeness (QED) is 0.822. The van der Waals surface area contributed by atoms with Gasteiger partial charge >= 0.3 is 0 Å². The van der Waals surface area contributed by atoms with Gasteiger partial charge in [0.15, 0.2) is 6.61 Å². The predicted octanol–water partition coefficient (Wildman–Crippen LogP) is 2.72. The molecule has 1 aliphatic carbocycles. The fourth-order valence-electron chi connectivity index (χ4n) is 5.70. The van der Waals surface area contributed by atoms with E-state index in [9.17, 15) is 9.90 Å². The van der Waals surface area contributed by atoms with Crippen molar-refractivity contribution in [2.24, 2.45) is 11.3 Å². The van der Waals surface area contributed by atoms with Crippen LogP contribution in [-0.4, -0.2) is 71.2 Å². The van der Waals surface area contributed by atoms with E-state index in [1.54, 1.807) is 18.5 Å². The van der Waals surface area contributed by atoms with Crippen molar-refractivity contribution in [2.45, 2.75) is 57.4 Å². The topological polar surface area (TPSA) is 65.9 Å². The first kappa shape index (κ1) is 20.6. The van der Waals surface area contributed by atoms with Crippen LogP contribution in [0.2, 0.25) is 0 Å². The minimum atomic E-state index is 0.00166. The van der Waals surface area contributed by atoms with Crippen LogP contribution in [0.3, 0.4) is 0 Å². The number of nitrogens with zero attached hydrogens (tertiary/aromatic N) is 3. The minimum Gasteiger partial charge on any atom is -0.482 e. The summed E-state index contributed by atoms with van der Waals surface area (Å²) in [5.41, 5.74) is 0.195. The van der Waals surface area contributed by atoms with Gasteiger partial charge in [-0.1, -0.05) is 19.3 Å². The molecule has 6 nitrogen and oxygen atoms in total. The van der Waals surface area contributed by atoms with Crippen molar-refractivity contribution in [3.05, 3.63) is 24.5 Å². The number of ether oxygens (including phenoxy) is 1. The molecule has 2 saturated heterocycles. The van der Waals surface area contributed by atoms with Gasteiger partial charge in [-0.15, -0.1) is 0 Å². The van der Waals surface area contributed by atoms with Crippen molar-refractivity contribution in [1.82, 2.24) is 14.8 Å². The first-order valence-electron chi connectivity index (χ1n) is 11.4. The van der Waals surface area contributed by atoms with Crippen LogP contribution in [0.1, 0.15) is 51.4 Å². The normalized spacial score (nSPS) is 25.8. The Labute approximate surface area is 174 Å². The van der Waals surface area contributed by atoms with Gasteiger partial charge in [0, 0.05) is 37.9 Å². The van der Waals surface area contributed by atoms with E-state index < -0.39 is 0 Å². The molecular formula is C23H35N3O3. The number of carbonyl (C=O) groups is 1. The molecule has 1 aromatic heterocycles. The summed E-state index contributed by atoms with van der Waals surface area (Å²) in [6.07, 6.45) is 13.5. The Hall–Kier alpha value is -1.66. The molecule has 3 heterocycles. The maximum absolute atomic E-state index is 12.7. The number of aliphatic hydroxyl groups excluding tert-OH is 1. The molecule has 160 valence electrons. The van der Waals surface area contributed by atoms with E-state index in [4.69, 9.17) is 4.74 Å². The molecule has 1 spiro atoms. The van der Waals surface area contributed by atoms with Crippen LogP contribution < -0.4 is 4.74 Å². The number of piperidine rings is 2. The first-order chi connectivity index (χ1) is 14.2. The van der Waals surface area contributed by atoms with E-state index in [-0.39, 0.29) is 30.5 Å². The van der Waals surface area contributed by atoms with Crippen molar-refractivity contribution in [2.75, 3.05) is 39.4 Å². The lowest BCUT2D eigenvalue weighted by molar-refractivity contribution is -0.140. The third-order valence-electron chi connectivity index (χ3n) is 7.64. The van der Waals surface area contributed by atoms with Crippen molar-refractivity contribution in [3.8, 4) is 5.75 Å². The highest BCUT2D eigenvalue weighted by molar-refractivity contribution is 5.77. The number of amides is 1. The van der Waals surface area contributed by atoms with Crippen molar-refractivity contribution in [1.29, 1.82) is 0 Å². The fourth-order valence-corrected chi connectivity index (χ4v) is 5.70. The fraction of sp³-hybridized carbons (Fsp3) is 0.739. The number of aliphatic hydroxyl groups is 1. The molecule has 0 aromatic carbocycles. The summed E-state index contributed by atoms with van der Waals surface area (Å²) in [5.74, 6) is 0.789. The lowest BCUT2D eigenvalue weighted by Gasteiger charge is -2.52. The van der Waals surface area contributed by atoms with Gasteiger partial charge in [-0.25, -0.2) is 0 Å². The summed E-state index contributed by atoms with van der Waals surface area (Å²) in [4.78, 5) is 21.3. The van der Waals surface area contributed by atoms with E-state index >= 15 is 0 Å². The molecule has 4 rings (SSSR count). The largest absolute Gasteiger partial charge is 0.482 e. The van der Waals surface area contributed by atoms with Crippen LogP contribution in [0.15, 0.2) is 24.5 Å². The average molecular weight is 402 g/mol. The average Bonchev–Trinajstić information content (AvgIpc) is 2.79. The Morgan fingerprint density at radius 3 is 2.62 bits per heavy atom. The highest BCUT2D eigenvalue weighted by atomic mass is 16.5. The molecule has 2 aliphatic heterocycles. The molecule has 0 bridgehead atoms. The first-order valence-corrected chi connectivity index (χ1v) is 11.4. The van der Waals surface area contributed by atoms with Gasteiger partial charge in [0.1, 0.15) is 5.75 Å². The number of hydrogen-bond donors (Lipinski definition) is 1. The molecule has 0 radical (unpaired) electrons. The molecule has 6 heteroatoms. The molecule has 1 aromatic rings. The second-order valence-electron chi connectivity index (χ2n) is 9.14. The summed E-state index contributed by atoms with van der Waals surface area (Å²) in [6, 6.07) is 4.38. The Morgan fingerprint density at radius 1 is 1.17 bits per heavy atom. The van der Waals surface area contributed by atoms with Gasteiger partial charge in [0.2, 0.25) is 0 Å². The predicted molar refractivity (Wildman–Crippen MR) is 112 cm³/mol. The van der Waals surface area contributed by atoms with E-state index in [1.165, 1.54) is 32.1 Å². The summed E-state index contributed by atoms with van der Waals surface area (Å²) >= 11 is 0. The van der Waals surface area contributed by atoms with Crippen LogP contribution in [-0.2, 0) is 4.79 Å². The lowest BCUT2D eigenvalue weighted by Crippen LogP contribution is -2.56. The van der Waals surface area contributed by atoms with Gasteiger partial charge in [0.05, 0.1) is 6.20 Å². The van der Waals surface area contributed by atoms with Crippen LogP contribution in [0.5, 0.6) is 5.75 Å². The molecule has 1 atom stereocenters. The van der Waals surface area contributed by atoms with Gasteiger partial charge in [-0.3, -0.25) is 9.78 Å². The maximum Gasteiger partial charge on any atom is 0.260 e. The SMILES string of the molecule is O=C(COc1cccnc1)N1CCC2(CCN(C3CCCCC3)CC2)C(CO)C1. The summed E-state index contributed by atoms with van der Waals surface area (Å²) in [7, 11) is 0. The number of hydrogen-bond acceptors (Lipinski definition) is 5. The molecule has 1 unspecified atom stereocenters. The monoisotopic (exact) mass is 401 g/mol. The second kappa shape index (κ2) is 9.43. The zero-order valence-corrected chi connectivity index (χ0v) is 17.5. The smallest absolute Gasteiger partial charge is 0.260 e. The molecule has 3 aliphatic rings. The maximum atomic E-state index is 12.7. The lowest BCUT2D eigenvalue weighted by atomic mass is 9.64. The molecule has 29 heavy (non-hydrogen) atoms. The molecule has 1 N–H and O–H groups in total. The molecule has 1 amide bonds. The van der Waals surface area contributed by atoms with E-state index in [1.807, 2.05) is 11.0 Å². The van der Waals surface area contributed by atoms with Crippen LogP contribution in [0.25, 0.3) is 0 Å². The Bertz CT molecular complexity index is 655. The molecular weight excluding hydrogens is 366 g/mol. The van der Waals surface area contributed by atoms with E-state index in [2.05, 4.69) is 9.88 Å². The van der Waals surface area contributed by atoms with Crippen LogP contribution >= 0.6 is 0 Å². The highest BCUT2D eigenvalue weighted by Gasteiger charge is 2.46. The molecule has 1 saturated carbocycles. The third kappa shape index (κ3) is 4.75. The Kier molecular flexibility index (Phi) is 6.70. The molecule has 3 fully saturated rings. The van der Waals surface area contributed by atoms with E-state index in [0.717, 1.165) is 44.9 Å². The number of pyridine rings is 1. The van der Waals surface area contributed by atoms with Gasteiger partial charge in [0.25, 0.3) is 5.91 Å². The van der Waals surface area contributed by atoms with Crippen molar-refractivity contribution < 1.29 is 14.6 Å². The van der Waals surface area contributed by atoms with Gasteiger partial charge in [-0.2, -0.15) is 0 Å². The van der Waals surface area contributed by atoms with Crippen LogP contribution in [0.4, 0.5) is 0 Å². The number of aromatic nitrogens is 1. The van der Waals surface area contributed by atoms with Crippen molar-refractivity contribution in [3.63, 3.8) is 0 Å². The summed E-state index contributed by atoms with van der Waals surface area (Å²) in [5, 5.41) is 10.1. The number of carbonyl (C=O) groups excluding carboxylic acids is 1. The van der Waals surface area contributed by atoms with Gasteiger partial charge < -0.3 is 19.6 Å². The van der Waals surface area contributed by atoms with Crippen molar-refractivity contribution >= 4 is 5.91 Å². The van der Waals surface area contributed by atoms with Gasteiger partial charge in [-0.05, 0) is 62.7 Å². The number of rotatable bonds is 5. The summed E-state index contributed by atoms with van der Waals surface area (Å²) < 4.78 is 5.59. The minimum absolute atomic E-state index is 0.00166. The van der Waals surface area contributed by atoms with E-state index in [0.29, 0.717) is 12.3 Å². The Morgan fingerprint density at radius 2 is 1.93 bits per heavy atom. The highest BCUT2D eigenvalue weighted by Crippen LogP contribution is 2.46. The number of likely N-dealkylation sites (tertiary alicyclic amines) is 2. The zero-order chi connectivity index (χ0) is 20.1. The standard InChI is InChI=1S/C23H35N3O3/c27-17-19-16-26(22(28)18-29-21-7-4-11-24-15-21)14-10-23(19)8-12-25(13-9-23)20-5-2-1-3-6-20/h4,7,11,15,19-20,27H,1-3,5-6,8-10,12-14,16-18H2. The van der Waals surface area contributed by atoms with Crippen LogP contribution in [0, 0.1) is 11.3 Å². The zero-order valence-electron chi connectivity index (χ0n) is 17.5. The Balaban J connectivity index is 1.30. The second-order valence-corrected chi connectivity index (χ2v) is 9.14.